The molecule has 0 fully saturated rings. The first-order valence-electron chi connectivity index (χ1n) is 6.52. The molecule has 1 N–H and O–H groups in total. The Morgan fingerprint density at radius 2 is 1.95 bits per heavy atom. The molecule has 2 aromatic carbocycles. The van der Waals surface area contributed by atoms with E-state index in [4.69, 9.17) is 27.9 Å². The van der Waals surface area contributed by atoms with E-state index in [2.05, 4.69) is 28.2 Å². The highest BCUT2D eigenvalue weighted by molar-refractivity contribution is 9.10. The van der Waals surface area contributed by atoms with Gasteiger partial charge in [-0.1, -0.05) is 45.2 Å². The third-order valence-corrected chi connectivity index (χ3v) is 4.62. The highest BCUT2D eigenvalue weighted by atomic mass is 79.9. The standard InChI is InChI=1S/C16H16BrCl2NO/c1-10(14-5-3-12(18)8-16(14)19)20-9-11-7-13(21-2)4-6-15(11)17/h3-8,10,20H,9H2,1-2H3. The van der Waals surface area contributed by atoms with Crippen molar-refractivity contribution >= 4 is 39.1 Å². The molecule has 112 valence electrons. The second-order valence-electron chi connectivity index (χ2n) is 4.73. The summed E-state index contributed by atoms with van der Waals surface area (Å²) in [5.74, 6) is 0.840. The van der Waals surface area contributed by atoms with Gasteiger partial charge in [0.05, 0.1) is 7.11 Å². The second kappa shape index (κ2) is 7.50. The average Bonchev–Trinajstić information content (AvgIpc) is 2.46. The fourth-order valence-electron chi connectivity index (χ4n) is 2.04. The van der Waals surface area contributed by atoms with Crippen LogP contribution in [0.4, 0.5) is 0 Å². The summed E-state index contributed by atoms with van der Waals surface area (Å²) in [6.45, 7) is 2.78. The zero-order valence-corrected chi connectivity index (χ0v) is 14.9. The van der Waals surface area contributed by atoms with Crippen molar-refractivity contribution < 1.29 is 4.74 Å². The molecule has 5 heteroatoms. The van der Waals surface area contributed by atoms with E-state index in [9.17, 15) is 0 Å². The molecule has 1 atom stereocenters. The predicted octanol–water partition coefficient (Wildman–Crippen LogP) is 5.62. The van der Waals surface area contributed by atoms with Crippen LogP contribution in [0.25, 0.3) is 0 Å². The van der Waals surface area contributed by atoms with Crippen LogP contribution in [0.1, 0.15) is 24.1 Å². The molecule has 0 saturated heterocycles. The lowest BCUT2D eigenvalue weighted by Gasteiger charge is -2.17. The van der Waals surface area contributed by atoms with Crippen LogP contribution < -0.4 is 10.1 Å². The largest absolute Gasteiger partial charge is 0.497 e. The molecular weight excluding hydrogens is 373 g/mol. The number of rotatable bonds is 5. The van der Waals surface area contributed by atoms with Crippen LogP contribution in [0.5, 0.6) is 5.75 Å². The van der Waals surface area contributed by atoms with Gasteiger partial charge >= 0.3 is 0 Å². The fraction of sp³-hybridized carbons (Fsp3) is 0.250. The number of benzene rings is 2. The molecule has 0 amide bonds. The maximum Gasteiger partial charge on any atom is 0.119 e. The van der Waals surface area contributed by atoms with E-state index in [-0.39, 0.29) is 6.04 Å². The molecule has 0 bridgehead atoms. The van der Waals surface area contributed by atoms with Gasteiger partial charge < -0.3 is 10.1 Å². The lowest BCUT2D eigenvalue weighted by atomic mass is 10.1. The monoisotopic (exact) mass is 387 g/mol. The van der Waals surface area contributed by atoms with Gasteiger partial charge in [0.2, 0.25) is 0 Å². The summed E-state index contributed by atoms with van der Waals surface area (Å²) in [5.41, 5.74) is 2.16. The van der Waals surface area contributed by atoms with Crippen LogP contribution in [-0.4, -0.2) is 7.11 Å². The third kappa shape index (κ3) is 4.36. The first-order valence-corrected chi connectivity index (χ1v) is 8.07. The molecular formula is C16H16BrCl2NO. The van der Waals surface area contributed by atoms with Gasteiger partial charge in [-0.2, -0.15) is 0 Å². The predicted molar refractivity (Wildman–Crippen MR) is 92.4 cm³/mol. The van der Waals surface area contributed by atoms with Gasteiger partial charge in [-0.05, 0) is 48.4 Å². The number of nitrogens with one attached hydrogen (secondary N) is 1. The molecule has 0 radical (unpaired) electrons. The summed E-state index contributed by atoms with van der Waals surface area (Å²) < 4.78 is 6.30. The molecule has 0 heterocycles. The van der Waals surface area contributed by atoms with Crippen LogP contribution in [0.2, 0.25) is 10.0 Å². The summed E-state index contributed by atoms with van der Waals surface area (Å²) in [7, 11) is 1.66. The Morgan fingerprint density at radius 1 is 1.19 bits per heavy atom. The normalized spacial score (nSPS) is 12.2. The Labute approximate surface area is 143 Å². The third-order valence-electron chi connectivity index (χ3n) is 3.28. The SMILES string of the molecule is COc1ccc(Br)c(CNC(C)c2ccc(Cl)cc2Cl)c1. The summed E-state index contributed by atoms with van der Waals surface area (Å²) in [5, 5.41) is 4.77. The maximum absolute atomic E-state index is 6.23. The van der Waals surface area contributed by atoms with E-state index >= 15 is 0 Å². The summed E-state index contributed by atoms with van der Waals surface area (Å²) in [6.07, 6.45) is 0. The van der Waals surface area contributed by atoms with Gasteiger partial charge in [0.15, 0.2) is 0 Å². The van der Waals surface area contributed by atoms with Crippen molar-refractivity contribution in [3.05, 3.63) is 62.0 Å². The quantitative estimate of drug-likeness (QED) is 0.718. The number of methoxy groups -OCH3 is 1. The van der Waals surface area contributed by atoms with Crippen molar-refractivity contribution in [1.82, 2.24) is 5.32 Å². The van der Waals surface area contributed by atoms with Crippen LogP contribution in [0.3, 0.4) is 0 Å². The topological polar surface area (TPSA) is 21.3 Å². The van der Waals surface area contributed by atoms with Gasteiger partial charge in [-0.15, -0.1) is 0 Å². The Balaban J connectivity index is 2.08. The van der Waals surface area contributed by atoms with E-state index in [1.54, 1.807) is 13.2 Å². The van der Waals surface area contributed by atoms with Crippen molar-refractivity contribution in [3.8, 4) is 5.75 Å². The van der Waals surface area contributed by atoms with Gasteiger partial charge in [-0.3, -0.25) is 0 Å². The van der Waals surface area contributed by atoms with Crippen LogP contribution in [-0.2, 0) is 6.54 Å². The number of ether oxygens (including phenoxy) is 1. The fourth-order valence-corrected chi connectivity index (χ4v) is 3.00. The van der Waals surface area contributed by atoms with Crippen molar-refractivity contribution in [3.63, 3.8) is 0 Å². The molecule has 0 spiro atoms. The second-order valence-corrected chi connectivity index (χ2v) is 6.42. The number of hydrogen-bond donors (Lipinski definition) is 1. The Bertz CT molecular complexity index is 634. The van der Waals surface area contributed by atoms with Crippen molar-refractivity contribution in [2.24, 2.45) is 0 Å². The summed E-state index contributed by atoms with van der Waals surface area (Å²) >= 11 is 15.7. The maximum atomic E-state index is 6.23. The van der Waals surface area contributed by atoms with Gasteiger partial charge in [0, 0.05) is 27.1 Å². The molecule has 0 aliphatic carbocycles. The number of hydrogen-bond acceptors (Lipinski definition) is 2. The van der Waals surface area contributed by atoms with Crippen LogP contribution in [0, 0.1) is 0 Å². The van der Waals surface area contributed by atoms with E-state index in [1.165, 1.54) is 0 Å². The molecule has 0 aromatic heterocycles. The van der Waals surface area contributed by atoms with Crippen LogP contribution in [0.15, 0.2) is 40.9 Å². The van der Waals surface area contributed by atoms with Gasteiger partial charge in [0.1, 0.15) is 5.75 Å². The Kier molecular flexibility index (Phi) is 5.94. The highest BCUT2D eigenvalue weighted by Crippen LogP contribution is 2.27. The molecule has 0 aliphatic rings. The smallest absolute Gasteiger partial charge is 0.119 e. The van der Waals surface area contributed by atoms with Crippen molar-refractivity contribution in [2.75, 3.05) is 7.11 Å². The van der Waals surface area contributed by atoms with Crippen molar-refractivity contribution in [2.45, 2.75) is 19.5 Å². The Morgan fingerprint density at radius 3 is 2.62 bits per heavy atom. The Hall–Kier alpha value is -0.740. The zero-order valence-electron chi connectivity index (χ0n) is 11.8. The zero-order chi connectivity index (χ0) is 15.4. The van der Waals surface area contributed by atoms with Crippen LogP contribution >= 0.6 is 39.1 Å². The molecule has 1 unspecified atom stereocenters. The summed E-state index contributed by atoms with van der Waals surface area (Å²) in [4.78, 5) is 0. The first kappa shape index (κ1) is 16.6. The lowest BCUT2D eigenvalue weighted by Crippen LogP contribution is -2.18. The molecule has 2 rings (SSSR count). The number of halogens is 3. The van der Waals surface area contributed by atoms with Gasteiger partial charge in [-0.25, -0.2) is 0 Å². The summed E-state index contributed by atoms with van der Waals surface area (Å²) in [6, 6.07) is 11.6. The molecule has 2 nitrogen and oxygen atoms in total. The van der Waals surface area contributed by atoms with E-state index in [0.717, 1.165) is 21.3 Å². The minimum Gasteiger partial charge on any atom is -0.497 e. The van der Waals surface area contributed by atoms with E-state index in [1.807, 2.05) is 30.3 Å². The minimum absolute atomic E-state index is 0.118. The van der Waals surface area contributed by atoms with E-state index in [0.29, 0.717) is 16.6 Å². The molecule has 0 aliphatic heterocycles. The van der Waals surface area contributed by atoms with Gasteiger partial charge in [0.25, 0.3) is 0 Å². The highest BCUT2D eigenvalue weighted by Gasteiger charge is 2.11. The molecule has 0 saturated carbocycles. The lowest BCUT2D eigenvalue weighted by molar-refractivity contribution is 0.413. The molecule has 21 heavy (non-hydrogen) atoms. The first-order chi connectivity index (χ1) is 10.0. The molecule has 2 aromatic rings. The van der Waals surface area contributed by atoms with Crippen molar-refractivity contribution in [1.29, 1.82) is 0 Å². The average molecular weight is 389 g/mol. The minimum atomic E-state index is 0.118. The van der Waals surface area contributed by atoms with E-state index < -0.39 is 0 Å².